The van der Waals surface area contributed by atoms with E-state index in [1.54, 1.807) is 0 Å². The normalized spacial score (nSPS) is 17.5. The lowest BCUT2D eigenvalue weighted by molar-refractivity contribution is -0.137. The Hall–Kier alpha value is -2.88. The van der Waals surface area contributed by atoms with Crippen LogP contribution in [0.25, 0.3) is 5.57 Å². The highest BCUT2D eigenvalue weighted by atomic mass is 16.2. The zero-order valence-corrected chi connectivity index (χ0v) is 14.7. The van der Waals surface area contributed by atoms with Crippen molar-refractivity contribution >= 4 is 17.4 Å². The topological polar surface area (TPSA) is 40.6 Å². The van der Waals surface area contributed by atoms with E-state index in [9.17, 15) is 9.59 Å². The zero-order chi connectivity index (χ0) is 17.9. The van der Waals surface area contributed by atoms with Crippen molar-refractivity contribution in [2.75, 3.05) is 19.6 Å². The number of carbonyl (C=O) groups excluding carboxylic acids is 2. The summed E-state index contributed by atoms with van der Waals surface area (Å²) >= 11 is 0. The van der Waals surface area contributed by atoms with Crippen LogP contribution in [-0.4, -0.2) is 41.2 Å². The molecular weight excluding hydrogens is 324 g/mol. The van der Waals surface area contributed by atoms with Crippen molar-refractivity contribution in [3.8, 4) is 0 Å². The SMILES string of the molecule is O=C1C(c2ccccc2)=C(N2CCCC2)C(=O)N1CCc1ccccc1. The number of benzene rings is 2. The van der Waals surface area contributed by atoms with Gasteiger partial charge in [-0.2, -0.15) is 0 Å². The van der Waals surface area contributed by atoms with Crippen molar-refractivity contribution in [3.63, 3.8) is 0 Å². The molecule has 4 heteroatoms. The average molecular weight is 346 g/mol. The van der Waals surface area contributed by atoms with Gasteiger partial charge in [0.05, 0.1) is 5.57 Å². The Morgan fingerprint density at radius 1 is 0.769 bits per heavy atom. The van der Waals surface area contributed by atoms with E-state index in [1.165, 1.54) is 4.90 Å². The van der Waals surface area contributed by atoms with E-state index in [0.717, 1.165) is 37.1 Å². The van der Waals surface area contributed by atoms with Gasteiger partial charge in [0.15, 0.2) is 0 Å². The molecule has 0 aliphatic carbocycles. The van der Waals surface area contributed by atoms with Crippen LogP contribution in [0.4, 0.5) is 0 Å². The number of hydrogen-bond acceptors (Lipinski definition) is 3. The van der Waals surface area contributed by atoms with Gasteiger partial charge in [-0.15, -0.1) is 0 Å². The van der Waals surface area contributed by atoms with Crippen molar-refractivity contribution in [3.05, 3.63) is 77.5 Å². The van der Waals surface area contributed by atoms with Crippen LogP contribution in [0, 0.1) is 0 Å². The summed E-state index contributed by atoms with van der Waals surface area (Å²) in [5.41, 5.74) is 3.11. The first-order valence-electron chi connectivity index (χ1n) is 9.20. The maximum absolute atomic E-state index is 13.1. The predicted octanol–water partition coefficient (Wildman–Crippen LogP) is 3.11. The van der Waals surface area contributed by atoms with E-state index >= 15 is 0 Å². The van der Waals surface area contributed by atoms with E-state index < -0.39 is 0 Å². The molecule has 0 unspecified atom stereocenters. The minimum absolute atomic E-state index is 0.147. The number of hydrogen-bond donors (Lipinski definition) is 0. The molecule has 2 aliphatic heterocycles. The molecule has 2 aromatic rings. The highest BCUT2D eigenvalue weighted by Gasteiger charge is 2.41. The second-order valence-corrected chi connectivity index (χ2v) is 6.78. The Balaban J connectivity index is 1.64. The summed E-state index contributed by atoms with van der Waals surface area (Å²) in [7, 11) is 0. The lowest BCUT2D eigenvalue weighted by Crippen LogP contribution is -2.36. The molecule has 0 N–H and O–H groups in total. The summed E-state index contributed by atoms with van der Waals surface area (Å²) in [6, 6.07) is 19.6. The van der Waals surface area contributed by atoms with Gasteiger partial charge in [-0.05, 0) is 30.4 Å². The monoisotopic (exact) mass is 346 g/mol. The molecule has 2 aliphatic rings. The average Bonchev–Trinajstić information content (AvgIpc) is 3.28. The Labute approximate surface area is 153 Å². The van der Waals surface area contributed by atoms with Crippen LogP contribution in [0.1, 0.15) is 24.0 Å². The first-order chi connectivity index (χ1) is 12.8. The molecule has 0 saturated carbocycles. The molecule has 4 nitrogen and oxygen atoms in total. The second-order valence-electron chi connectivity index (χ2n) is 6.78. The summed E-state index contributed by atoms with van der Waals surface area (Å²) in [5, 5.41) is 0. The fraction of sp³-hybridized carbons (Fsp3) is 0.273. The van der Waals surface area contributed by atoms with Crippen LogP contribution < -0.4 is 0 Å². The van der Waals surface area contributed by atoms with Crippen molar-refractivity contribution < 1.29 is 9.59 Å². The molecule has 26 heavy (non-hydrogen) atoms. The summed E-state index contributed by atoms with van der Waals surface area (Å²) in [6.45, 7) is 2.10. The van der Waals surface area contributed by atoms with Gasteiger partial charge in [-0.25, -0.2) is 0 Å². The van der Waals surface area contributed by atoms with E-state index in [4.69, 9.17) is 0 Å². The molecule has 0 radical (unpaired) electrons. The number of rotatable bonds is 5. The standard InChI is InChI=1S/C22H22N2O2/c25-21-19(18-11-5-2-6-12-18)20(23-14-7-8-15-23)22(26)24(21)16-13-17-9-3-1-4-10-17/h1-6,9-12H,7-8,13-16H2. The highest BCUT2D eigenvalue weighted by Crippen LogP contribution is 2.33. The Bertz CT molecular complexity index is 837. The largest absolute Gasteiger partial charge is 0.366 e. The molecular formula is C22H22N2O2. The van der Waals surface area contributed by atoms with Crippen LogP contribution in [0.5, 0.6) is 0 Å². The van der Waals surface area contributed by atoms with Gasteiger partial charge in [0, 0.05) is 19.6 Å². The zero-order valence-electron chi connectivity index (χ0n) is 14.7. The van der Waals surface area contributed by atoms with Gasteiger partial charge in [-0.1, -0.05) is 60.7 Å². The van der Waals surface area contributed by atoms with Gasteiger partial charge in [0.2, 0.25) is 0 Å². The number of carbonyl (C=O) groups is 2. The number of amides is 2. The Kier molecular flexibility index (Phi) is 4.57. The lowest BCUT2D eigenvalue weighted by Gasteiger charge is -2.20. The van der Waals surface area contributed by atoms with Gasteiger partial charge in [0.1, 0.15) is 5.70 Å². The Morgan fingerprint density at radius 2 is 1.38 bits per heavy atom. The highest BCUT2D eigenvalue weighted by molar-refractivity contribution is 6.35. The summed E-state index contributed by atoms with van der Waals surface area (Å²) < 4.78 is 0. The van der Waals surface area contributed by atoms with Crippen LogP contribution in [0.15, 0.2) is 66.4 Å². The van der Waals surface area contributed by atoms with E-state index in [1.807, 2.05) is 60.7 Å². The predicted molar refractivity (Wildman–Crippen MR) is 101 cm³/mol. The number of likely N-dealkylation sites (tertiary alicyclic amines) is 1. The molecule has 0 atom stereocenters. The van der Waals surface area contributed by atoms with Gasteiger partial charge < -0.3 is 4.90 Å². The molecule has 1 fully saturated rings. The molecule has 1 saturated heterocycles. The first kappa shape index (κ1) is 16.6. The fourth-order valence-electron chi connectivity index (χ4n) is 3.75. The van der Waals surface area contributed by atoms with Crippen LogP contribution in [0.2, 0.25) is 0 Å². The third-order valence-electron chi connectivity index (χ3n) is 5.10. The molecule has 0 aromatic heterocycles. The van der Waals surface area contributed by atoms with Crippen molar-refractivity contribution in [1.82, 2.24) is 9.80 Å². The quantitative estimate of drug-likeness (QED) is 0.781. The summed E-state index contributed by atoms with van der Waals surface area (Å²) in [6.07, 6.45) is 2.81. The molecule has 2 aromatic carbocycles. The Morgan fingerprint density at radius 3 is 2.04 bits per heavy atom. The molecule has 2 amide bonds. The molecule has 0 bridgehead atoms. The number of imide groups is 1. The lowest BCUT2D eigenvalue weighted by atomic mass is 10.0. The first-order valence-corrected chi connectivity index (χ1v) is 9.20. The van der Waals surface area contributed by atoms with E-state index in [-0.39, 0.29) is 11.8 Å². The third-order valence-corrected chi connectivity index (χ3v) is 5.10. The van der Waals surface area contributed by atoms with Crippen LogP contribution >= 0.6 is 0 Å². The minimum atomic E-state index is -0.168. The molecule has 2 heterocycles. The fourth-order valence-corrected chi connectivity index (χ4v) is 3.75. The van der Waals surface area contributed by atoms with Crippen LogP contribution in [0.3, 0.4) is 0 Å². The van der Waals surface area contributed by atoms with Crippen molar-refractivity contribution in [2.24, 2.45) is 0 Å². The maximum Gasteiger partial charge on any atom is 0.277 e. The molecule has 0 spiro atoms. The molecule has 132 valence electrons. The summed E-state index contributed by atoms with van der Waals surface area (Å²) in [4.78, 5) is 29.7. The van der Waals surface area contributed by atoms with E-state index in [2.05, 4.69) is 4.90 Å². The minimum Gasteiger partial charge on any atom is -0.366 e. The van der Waals surface area contributed by atoms with E-state index in [0.29, 0.717) is 24.2 Å². The smallest absolute Gasteiger partial charge is 0.277 e. The second kappa shape index (κ2) is 7.16. The number of nitrogens with zero attached hydrogens (tertiary/aromatic N) is 2. The van der Waals surface area contributed by atoms with Gasteiger partial charge >= 0.3 is 0 Å². The van der Waals surface area contributed by atoms with Gasteiger partial charge in [-0.3, -0.25) is 14.5 Å². The van der Waals surface area contributed by atoms with Gasteiger partial charge in [0.25, 0.3) is 11.8 Å². The molecule has 4 rings (SSSR count). The summed E-state index contributed by atoms with van der Waals surface area (Å²) in [5.74, 6) is -0.314. The maximum atomic E-state index is 13.1. The van der Waals surface area contributed by atoms with Crippen molar-refractivity contribution in [1.29, 1.82) is 0 Å². The van der Waals surface area contributed by atoms with Crippen molar-refractivity contribution in [2.45, 2.75) is 19.3 Å². The third kappa shape index (κ3) is 3.03. The van der Waals surface area contributed by atoms with Crippen LogP contribution in [-0.2, 0) is 16.0 Å².